The summed E-state index contributed by atoms with van der Waals surface area (Å²) in [5, 5.41) is 3.80. The summed E-state index contributed by atoms with van der Waals surface area (Å²) in [6.07, 6.45) is -3.60. The van der Waals surface area contributed by atoms with Crippen molar-refractivity contribution in [1.82, 2.24) is 0 Å². The number of alkyl halides is 3. The van der Waals surface area contributed by atoms with E-state index < -0.39 is 19.0 Å². The lowest BCUT2D eigenvalue weighted by Gasteiger charge is -2.28. The van der Waals surface area contributed by atoms with Crippen LogP contribution in [0, 0.1) is 0 Å². The van der Waals surface area contributed by atoms with Gasteiger partial charge >= 0.3 is 6.18 Å². The normalized spacial score (nSPS) is 11.9. The van der Waals surface area contributed by atoms with E-state index in [4.69, 9.17) is 0 Å². The monoisotopic (exact) mass is 497 g/mol. The zero-order valence-electron chi connectivity index (χ0n) is 19.6. The van der Waals surface area contributed by atoms with Gasteiger partial charge in [0.2, 0.25) is 0 Å². The Morgan fingerprint density at radius 2 is 0.889 bits per heavy atom. The molecule has 0 unspecified atom stereocenters. The number of benzene rings is 5. The zero-order valence-corrected chi connectivity index (χ0v) is 20.5. The SMILES string of the molecule is FC(F)(F)c1ccc(-c2ccccc2C[P+](c2ccccc2)(c2ccccc2)c2ccccc2)cc1. The molecule has 178 valence electrons. The summed E-state index contributed by atoms with van der Waals surface area (Å²) in [6, 6.07) is 45.4. The molecule has 0 atom stereocenters. The largest absolute Gasteiger partial charge is 0.416 e. The van der Waals surface area contributed by atoms with Gasteiger partial charge in [-0.25, -0.2) is 0 Å². The molecule has 0 bridgehead atoms. The molecule has 36 heavy (non-hydrogen) atoms. The number of hydrogen-bond acceptors (Lipinski definition) is 0. The molecule has 5 aromatic rings. The summed E-state index contributed by atoms with van der Waals surface area (Å²) >= 11 is 0. The minimum absolute atomic E-state index is 0.636. The van der Waals surface area contributed by atoms with Gasteiger partial charge in [-0.15, -0.1) is 0 Å². The van der Waals surface area contributed by atoms with Crippen molar-refractivity contribution in [3.05, 3.63) is 151 Å². The fraction of sp³-hybridized carbons (Fsp3) is 0.0625. The van der Waals surface area contributed by atoms with Crippen molar-refractivity contribution in [3.63, 3.8) is 0 Å². The summed E-state index contributed by atoms with van der Waals surface area (Å²) in [5.41, 5.74) is 2.22. The molecule has 0 saturated carbocycles. The Morgan fingerprint density at radius 1 is 0.472 bits per heavy atom. The van der Waals surface area contributed by atoms with Gasteiger partial charge in [-0.2, -0.15) is 13.2 Å². The second kappa shape index (κ2) is 10.1. The maximum atomic E-state index is 13.2. The number of halogens is 3. The van der Waals surface area contributed by atoms with Crippen LogP contribution in [0.15, 0.2) is 140 Å². The molecule has 5 aromatic carbocycles. The average molecular weight is 498 g/mol. The Kier molecular flexibility index (Phi) is 6.76. The summed E-state index contributed by atoms with van der Waals surface area (Å²) in [6.45, 7) is 0. The topological polar surface area (TPSA) is 0 Å². The minimum atomic E-state index is -4.35. The molecule has 0 radical (unpaired) electrons. The molecule has 0 nitrogen and oxygen atoms in total. The highest BCUT2D eigenvalue weighted by Crippen LogP contribution is 2.58. The second-order valence-electron chi connectivity index (χ2n) is 8.71. The number of rotatable bonds is 6. The van der Waals surface area contributed by atoms with Crippen molar-refractivity contribution < 1.29 is 13.2 Å². The maximum Gasteiger partial charge on any atom is 0.416 e. The van der Waals surface area contributed by atoms with E-state index in [-0.39, 0.29) is 0 Å². The van der Waals surface area contributed by atoms with Crippen LogP contribution in [0.5, 0.6) is 0 Å². The van der Waals surface area contributed by atoms with Crippen LogP contribution < -0.4 is 15.9 Å². The Labute approximate surface area is 210 Å². The van der Waals surface area contributed by atoms with Crippen LogP contribution in [-0.4, -0.2) is 0 Å². The van der Waals surface area contributed by atoms with Crippen LogP contribution in [0.2, 0.25) is 0 Å². The van der Waals surface area contributed by atoms with E-state index in [2.05, 4.69) is 78.9 Å². The molecular weight excluding hydrogens is 472 g/mol. The lowest BCUT2D eigenvalue weighted by molar-refractivity contribution is -0.137. The molecule has 0 spiro atoms. The minimum Gasteiger partial charge on any atom is -0.166 e. The summed E-state index contributed by atoms with van der Waals surface area (Å²) < 4.78 is 39.6. The lowest BCUT2D eigenvalue weighted by Crippen LogP contribution is -2.32. The lowest BCUT2D eigenvalue weighted by atomic mass is 9.99. The Balaban J connectivity index is 1.71. The highest BCUT2D eigenvalue weighted by Gasteiger charge is 2.45. The standard InChI is InChI=1S/C32H25F3P/c33-32(34,35)27-22-20-25(21-23-27)31-19-11-10-12-26(31)24-36(28-13-4-1-5-14-28,29-15-6-2-7-16-29)30-17-8-3-9-18-30/h1-23H,24H2/q+1. The van der Waals surface area contributed by atoms with Crippen LogP contribution >= 0.6 is 7.26 Å². The second-order valence-corrected chi connectivity index (χ2v) is 12.2. The van der Waals surface area contributed by atoms with Crippen molar-refractivity contribution >= 4 is 23.2 Å². The number of hydrogen-bond donors (Lipinski definition) is 0. The van der Waals surface area contributed by atoms with E-state index in [1.807, 2.05) is 36.4 Å². The molecule has 0 aromatic heterocycles. The molecule has 0 fully saturated rings. The maximum absolute atomic E-state index is 13.2. The Morgan fingerprint density at radius 3 is 1.33 bits per heavy atom. The molecule has 0 aliphatic carbocycles. The van der Waals surface area contributed by atoms with Crippen LogP contribution in [0.1, 0.15) is 11.1 Å². The summed E-state index contributed by atoms with van der Waals surface area (Å²) in [5.74, 6) is 0. The van der Waals surface area contributed by atoms with E-state index >= 15 is 0 Å². The van der Waals surface area contributed by atoms with Gasteiger partial charge in [0.25, 0.3) is 0 Å². The van der Waals surface area contributed by atoms with E-state index in [1.165, 1.54) is 28.0 Å². The quantitative estimate of drug-likeness (QED) is 0.210. The third-order valence-corrected chi connectivity index (χ3v) is 10.9. The van der Waals surface area contributed by atoms with Crippen molar-refractivity contribution in [2.24, 2.45) is 0 Å². The highest BCUT2D eigenvalue weighted by molar-refractivity contribution is 7.95. The summed E-state index contributed by atoms with van der Waals surface area (Å²) in [7, 11) is -2.14. The first-order chi connectivity index (χ1) is 17.5. The Hall–Kier alpha value is -3.68. The predicted molar refractivity (Wildman–Crippen MR) is 146 cm³/mol. The van der Waals surface area contributed by atoms with Gasteiger partial charge in [0.15, 0.2) is 0 Å². The van der Waals surface area contributed by atoms with E-state index in [9.17, 15) is 13.2 Å². The predicted octanol–water partition coefficient (Wildman–Crippen LogP) is 7.87. The van der Waals surface area contributed by atoms with Crippen molar-refractivity contribution in [1.29, 1.82) is 0 Å². The molecule has 4 heteroatoms. The molecule has 0 amide bonds. The molecule has 0 heterocycles. The molecular formula is C32H25F3P+. The molecule has 0 aliphatic rings. The third-order valence-electron chi connectivity index (χ3n) is 6.54. The average Bonchev–Trinajstić information content (AvgIpc) is 2.93. The van der Waals surface area contributed by atoms with Crippen LogP contribution in [-0.2, 0) is 12.3 Å². The first-order valence-corrected chi connectivity index (χ1v) is 13.8. The van der Waals surface area contributed by atoms with Crippen LogP contribution in [0.4, 0.5) is 13.2 Å². The highest BCUT2D eigenvalue weighted by atomic mass is 31.2. The van der Waals surface area contributed by atoms with Gasteiger partial charge in [0, 0.05) is 0 Å². The summed E-state index contributed by atoms with van der Waals surface area (Å²) in [4.78, 5) is 0. The fourth-order valence-electron chi connectivity index (χ4n) is 4.80. The molecule has 0 N–H and O–H groups in total. The van der Waals surface area contributed by atoms with Gasteiger partial charge < -0.3 is 0 Å². The van der Waals surface area contributed by atoms with Gasteiger partial charge in [0.05, 0.1) is 11.7 Å². The van der Waals surface area contributed by atoms with Gasteiger partial charge in [-0.05, 0) is 65.2 Å². The first-order valence-electron chi connectivity index (χ1n) is 11.8. The van der Waals surface area contributed by atoms with E-state index in [0.29, 0.717) is 0 Å². The smallest absolute Gasteiger partial charge is 0.166 e. The first kappa shape index (κ1) is 24.0. The fourth-order valence-corrected chi connectivity index (χ4v) is 9.07. The van der Waals surface area contributed by atoms with Crippen molar-refractivity contribution in [2.75, 3.05) is 0 Å². The molecule has 0 saturated heterocycles. The van der Waals surface area contributed by atoms with Gasteiger partial charge in [0.1, 0.15) is 23.2 Å². The zero-order chi connectivity index (χ0) is 25.0. The third kappa shape index (κ3) is 4.72. The van der Waals surface area contributed by atoms with Crippen LogP contribution in [0.3, 0.4) is 0 Å². The van der Waals surface area contributed by atoms with Crippen molar-refractivity contribution in [3.8, 4) is 11.1 Å². The van der Waals surface area contributed by atoms with Gasteiger partial charge in [-0.3, -0.25) is 0 Å². The molecule has 5 rings (SSSR count). The van der Waals surface area contributed by atoms with E-state index in [1.54, 1.807) is 12.1 Å². The van der Waals surface area contributed by atoms with E-state index in [0.717, 1.165) is 22.9 Å². The Bertz CT molecular complexity index is 1320. The van der Waals surface area contributed by atoms with Gasteiger partial charge in [-0.1, -0.05) is 91.0 Å². The van der Waals surface area contributed by atoms with Crippen molar-refractivity contribution in [2.45, 2.75) is 12.3 Å². The molecule has 0 aliphatic heterocycles. The van der Waals surface area contributed by atoms with Crippen LogP contribution in [0.25, 0.3) is 11.1 Å².